The molecule has 0 spiro atoms. The molecule has 1 aliphatic rings. The summed E-state index contributed by atoms with van der Waals surface area (Å²) in [6, 6.07) is 7.13. The van der Waals surface area contributed by atoms with E-state index in [9.17, 15) is 4.39 Å². The third-order valence-corrected chi connectivity index (χ3v) is 3.86. The highest BCUT2D eigenvalue weighted by Crippen LogP contribution is 2.27. The van der Waals surface area contributed by atoms with E-state index in [1.165, 1.54) is 31.4 Å². The number of ether oxygens (including phenoxy) is 1. The molecule has 0 amide bonds. The first-order valence-corrected chi connectivity index (χ1v) is 7.79. The van der Waals surface area contributed by atoms with Crippen LogP contribution in [-0.4, -0.2) is 18.7 Å². The Balaban J connectivity index is 2.00. The number of nitrogens with one attached hydrogen (secondary N) is 1. The van der Waals surface area contributed by atoms with E-state index in [1.807, 2.05) is 12.1 Å². The minimum absolute atomic E-state index is 0.0149. The van der Waals surface area contributed by atoms with Crippen LogP contribution in [0.2, 0.25) is 0 Å². The van der Waals surface area contributed by atoms with Gasteiger partial charge in [0.25, 0.3) is 0 Å². The van der Waals surface area contributed by atoms with Gasteiger partial charge in [-0.15, -0.1) is 0 Å². The van der Waals surface area contributed by atoms with Crippen molar-refractivity contribution in [3.63, 3.8) is 0 Å². The molecule has 1 aromatic rings. The van der Waals surface area contributed by atoms with Crippen molar-refractivity contribution in [3.8, 4) is 0 Å². The minimum atomic E-state index is -0.193. The molecule has 0 aliphatic heterocycles. The summed E-state index contributed by atoms with van der Waals surface area (Å²) in [4.78, 5) is 0. The number of hydrogen-bond donors (Lipinski definition) is 1. The Labute approximate surface area is 121 Å². The first kappa shape index (κ1) is 15.5. The zero-order valence-corrected chi connectivity index (χ0v) is 12.6. The van der Waals surface area contributed by atoms with Crippen molar-refractivity contribution in [1.82, 2.24) is 5.32 Å². The molecule has 0 saturated heterocycles. The second kappa shape index (κ2) is 7.75. The second-order valence-electron chi connectivity index (χ2n) is 6.00. The average molecular weight is 279 g/mol. The van der Waals surface area contributed by atoms with E-state index >= 15 is 0 Å². The molecular formula is C17H26FNO. The number of halogens is 1. The van der Waals surface area contributed by atoms with Crippen molar-refractivity contribution < 1.29 is 9.13 Å². The minimum Gasteiger partial charge on any atom is -0.369 e. The molecule has 1 saturated carbocycles. The molecule has 1 aromatic carbocycles. The molecule has 112 valence electrons. The molecule has 1 unspecified atom stereocenters. The fraction of sp³-hybridized carbons (Fsp3) is 0.647. The molecule has 2 nitrogen and oxygen atoms in total. The summed E-state index contributed by atoms with van der Waals surface area (Å²) in [5.41, 5.74) is 1.06. The molecule has 0 aromatic heterocycles. The lowest BCUT2D eigenvalue weighted by molar-refractivity contribution is -0.0313. The SMILES string of the molecule is CC(C)NCC(OC1CCCCC1)c1ccc(F)cc1. The first-order valence-electron chi connectivity index (χ1n) is 7.79. The van der Waals surface area contributed by atoms with E-state index in [2.05, 4.69) is 19.2 Å². The molecule has 0 bridgehead atoms. The summed E-state index contributed by atoms with van der Waals surface area (Å²) in [5, 5.41) is 3.43. The van der Waals surface area contributed by atoms with E-state index < -0.39 is 0 Å². The Hall–Kier alpha value is -0.930. The lowest BCUT2D eigenvalue weighted by Gasteiger charge is -2.28. The third kappa shape index (κ3) is 4.88. The van der Waals surface area contributed by atoms with Gasteiger partial charge in [0.2, 0.25) is 0 Å². The van der Waals surface area contributed by atoms with Crippen molar-refractivity contribution >= 4 is 0 Å². The molecule has 0 heterocycles. The van der Waals surface area contributed by atoms with Crippen LogP contribution >= 0.6 is 0 Å². The van der Waals surface area contributed by atoms with Gasteiger partial charge in [0, 0.05) is 12.6 Å². The molecule has 20 heavy (non-hydrogen) atoms. The van der Waals surface area contributed by atoms with E-state index in [1.54, 1.807) is 0 Å². The summed E-state index contributed by atoms with van der Waals surface area (Å²) in [6.07, 6.45) is 6.52. The Morgan fingerprint density at radius 2 is 1.80 bits per heavy atom. The molecule has 1 aliphatic carbocycles. The van der Waals surface area contributed by atoms with Crippen molar-refractivity contribution in [2.24, 2.45) is 0 Å². The van der Waals surface area contributed by atoms with Gasteiger partial charge >= 0.3 is 0 Å². The summed E-state index contributed by atoms with van der Waals surface area (Å²) < 4.78 is 19.3. The molecule has 1 atom stereocenters. The van der Waals surface area contributed by atoms with Crippen molar-refractivity contribution in [3.05, 3.63) is 35.6 Å². The maximum Gasteiger partial charge on any atom is 0.123 e. The molecule has 1 fully saturated rings. The van der Waals surface area contributed by atoms with Crippen LogP contribution in [0.4, 0.5) is 4.39 Å². The highest BCUT2D eigenvalue weighted by atomic mass is 19.1. The van der Waals surface area contributed by atoms with Gasteiger partial charge in [-0.25, -0.2) is 4.39 Å². The van der Waals surface area contributed by atoms with Crippen LogP contribution in [0, 0.1) is 5.82 Å². The molecule has 3 heteroatoms. The van der Waals surface area contributed by atoms with Gasteiger partial charge in [-0.3, -0.25) is 0 Å². The topological polar surface area (TPSA) is 21.3 Å². The Morgan fingerprint density at radius 1 is 1.15 bits per heavy atom. The van der Waals surface area contributed by atoms with E-state index in [-0.39, 0.29) is 11.9 Å². The maximum absolute atomic E-state index is 13.1. The van der Waals surface area contributed by atoms with E-state index in [0.717, 1.165) is 24.9 Å². The molecule has 2 rings (SSSR count). The van der Waals surface area contributed by atoms with Gasteiger partial charge in [0.15, 0.2) is 0 Å². The molecule has 1 N–H and O–H groups in total. The summed E-state index contributed by atoms with van der Waals surface area (Å²) in [5.74, 6) is -0.193. The zero-order chi connectivity index (χ0) is 14.4. The average Bonchev–Trinajstić information content (AvgIpc) is 2.45. The molecule has 0 radical (unpaired) electrons. The lowest BCUT2D eigenvalue weighted by Crippen LogP contribution is -2.31. The summed E-state index contributed by atoms with van der Waals surface area (Å²) >= 11 is 0. The van der Waals surface area contributed by atoms with Gasteiger partial charge in [-0.1, -0.05) is 45.2 Å². The first-order chi connectivity index (χ1) is 9.65. The highest BCUT2D eigenvalue weighted by molar-refractivity contribution is 5.19. The third-order valence-electron chi connectivity index (χ3n) is 3.86. The Kier molecular flexibility index (Phi) is 5.99. The van der Waals surface area contributed by atoms with E-state index in [0.29, 0.717) is 12.1 Å². The van der Waals surface area contributed by atoms with Gasteiger partial charge in [0.1, 0.15) is 5.82 Å². The van der Waals surface area contributed by atoms with Gasteiger partial charge < -0.3 is 10.1 Å². The molecular weight excluding hydrogens is 253 g/mol. The van der Waals surface area contributed by atoms with Gasteiger partial charge in [0.05, 0.1) is 12.2 Å². The predicted octanol–water partition coefficient (Wildman–Crippen LogP) is 4.21. The summed E-state index contributed by atoms with van der Waals surface area (Å²) in [7, 11) is 0. The van der Waals surface area contributed by atoms with Crippen LogP contribution in [0.3, 0.4) is 0 Å². The zero-order valence-electron chi connectivity index (χ0n) is 12.6. The Bertz CT molecular complexity index is 384. The van der Waals surface area contributed by atoms with Crippen LogP contribution in [0.25, 0.3) is 0 Å². The summed E-state index contributed by atoms with van der Waals surface area (Å²) in [6.45, 7) is 5.03. The monoisotopic (exact) mass is 279 g/mol. The van der Waals surface area contributed by atoms with Gasteiger partial charge in [-0.2, -0.15) is 0 Å². The maximum atomic E-state index is 13.1. The smallest absolute Gasteiger partial charge is 0.123 e. The van der Waals surface area contributed by atoms with Gasteiger partial charge in [-0.05, 0) is 30.5 Å². The Morgan fingerprint density at radius 3 is 2.40 bits per heavy atom. The van der Waals surface area contributed by atoms with Crippen LogP contribution in [0.15, 0.2) is 24.3 Å². The van der Waals surface area contributed by atoms with Crippen LogP contribution in [0.5, 0.6) is 0 Å². The van der Waals surface area contributed by atoms with Crippen molar-refractivity contribution in [2.45, 2.75) is 64.2 Å². The van der Waals surface area contributed by atoms with Crippen LogP contribution in [-0.2, 0) is 4.74 Å². The fourth-order valence-electron chi connectivity index (χ4n) is 2.70. The standard InChI is InChI=1S/C17H26FNO/c1-13(2)19-12-17(14-8-10-15(18)11-9-14)20-16-6-4-3-5-7-16/h8-11,13,16-17,19H,3-7,12H2,1-2H3. The second-order valence-corrected chi connectivity index (χ2v) is 6.00. The number of rotatable bonds is 6. The van der Waals surface area contributed by atoms with Crippen molar-refractivity contribution in [2.75, 3.05) is 6.54 Å². The number of benzene rings is 1. The largest absolute Gasteiger partial charge is 0.369 e. The van der Waals surface area contributed by atoms with E-state index in [4.69, 9.17) is 4.74 Å². The lowest BCUT2D eigenvalue weighted by atomic mass is 9.97. The normalized spacial score (nSPS) is 18.4. The quantitative estimate of drug-likeness (QED) is 0.842. The highest BCUT2D eigenvalue weighted by Gasteiger charge is 2.20. The van der Waals surface area contributed by atoms with Crippen molar-refractivity contribution in [1.29, 1.82) is 0 Å². The number of hydrogen-bond acceptors (Lipinski definition) is 2. The van der Waals surface area contributed by atoms with Crippen LogP contribution < -0.4 is 5.32 Å². The predicted molar refractivity (Wildman–Crippen MR) is 80.2 cm³/mol. The fourth-order valence-corrected chi connectivity index (χ4v) is 2.70. The van der Waals surface area contributed by atoms with Crippen LogP contribution in [0.1, 0.15) is 57.6 Å².